The summed E-state index contributed by atoms with van der Waals surface area (Å²) in [6, 6.07) is 7.56. The van der Waals surface area contributed by atoms with Crippen molar-refractivity contribution in [2.75, 3.05) is 0 Å². The lowest BCUT2D eigenvalue weighted by Gasteiger charge is -2.33. The lowest BCUT2D eigenvalue weighted by Crippen LogP contribution is -2.32. The highest BCUT2D eigenvalue weighted by atomic mass is 16.6. The SMILES string of the molecule is CC(C)(C)CC(C)(C)c1ccc(OC(=O)NN)cc1. The van der Waals surface area contributed by atoms with Crippen molar-refractivity contribution >= 4 is 6.09 Å². The molecule has 0 heterocycles. The average Bonchev–Trinajstić information content (AvgIpc) is 2.26. The van der Waals surface area contributed by atoms with Gasteiger partial charge in [0.05, 0.1) is 0 Å². The Kier molecular flexibility index (Phi) is 4.58. The molecule has 0 unspecified atom stereocenters. The van der Waals surface area contributed by atoms with E-state index < -0.39 is 6.09 Å². The Labute approximate surface area is 115 Å². The number of hydrazine groups is 1. The van der Waals surface area contributed by atoms with E-state index in [-0.39, 0.29) is 10.8 Å². The molecule has 0 radical (unpaired) electrons. The van der Waals surface area contributed by atoms with Crippen LogP contribution < -0.4 is 16.0 Å². The smallest absolute Gasteiger partial charge is 0.409 e. The molecule has 0 fully saturated rings. The Bertz CT molecular complexity index is 430. The van der Waals surface area contributed by atoms with Gasteiger partial charge >= 0.3 is 6.09 Å². The van der Waals surface area contributed by atoms with Gasteiger partial charge in [-0.1, -0.05) is 46.8 Å². The molecule has 4 heteroatoms. The lowest BCUT2D eigenvalue weighted by molar-refractivity contribution is 0.200. The fourth-order valence-corrected chi connectivity index (χ4v) is 2.54. The summed E-state index contributed by atoms with van der Waals surface area (Å²) in [6.07, 6.45) is 0.408. The molecular weight excluding hydrogens is 240 g/mol. The molecule has 0 saturated carbocycles. The summed E-state index contributed by atoms with van der Waals surface area (Å²) < 4.78 is 4.96. The Morgan fingerprint density at radius 2 is 1.68 bits per heavy atom. The van der Waals surface area contributed by atoms with Gasteiger partial charge in [0.25, 0.3) is 0 Å². The quantitative estimate of drug-likeness (QED) is 0.500. The first kappa shape index (κ1) is 15.5. The van der Waals surface area contributed by atoms with Gasteiger partial charge < -0.3 is 4.74 Å². The zero-order chi connectivity index (χ0) is 14.7. The fraction of sp³-hybridized carbons (Fsp3) is 0.533. The Balaban J connectivity index is 2.83. The summed E-state index contributed by atoms with van der Waals surface area (Å²) in [5.41, 5.74) is 3.49. The van der Waals surface area contributed by atoms with Gasteiger partial charge in [-0.3, -0.25) is 5.43 Å². The highest BCUT2D eigenvalue weighted by molar-refractivity contribution is 5.69. The number of hydrogen-bond donors (Lipinski definition) is 2. The van der Waals surface area contributed by atoms with E-state index in [4.69, 9.17) is 10.6 Å². The largest absolute Gasteiger partial charge is 0.426 e. The number of rotatable bonds is 3. The first-order valence-electron chi connectivity index (χ1n) is 6.43. The Morgan fingerprint density at radius 3 is 2.11 bits per heavy atom. The summed E-state index contributed by atoms with van der Waals surface area (Å²) in [6.45, 7) is 11.1. The van der Waals surface area contributed by atoms with Crippen molar-refractivity contribution in [1.82, 2.24) is 5.43 Å². The van der Waals surface area contributed by atoms with Crippen LogP contribution in [0.1, 0.15) is 46.6 Å². The third-order valence-electron chi connectivity index (χ3n) is 2.94. The van der Waals surface area contributed by atoms with Gasteiger partial charge in [0, 0.05) is 0 Å². The van der Waals surface area contributed by atoms with E-state index in [0.29, 0.717) is 5.75 Å². The second-order valence-corrected chi connectivity index (χ2v) is 6.68. The average molecular weight is 264 g/mol. The topological polar surface area (TPSA) is 64.3 Å². The van der Waals surface area contributed by atoms with Crippen LogP contribution in [0.25, 0.3) is 0 Å². The minimum Gasteiger partial charge on any atom is -0.409 e. The minimum absolute atomic E-state index is 0.0763. The molecular formula is C15H24N2O2. The number of carbonyl (C=O) groups excluding carboxylic acids is 1. The molecule has 1 aromatic rings. The summed E-state index contributed by atoms with van der Waals surface area (Å²) in [7, 11) is 0. The molecule has 0 saturated heterocycles. The second kappa shape index (κ2) is 5.61. The number of hydrogen-bond acceptors (Lipinski definition) is 3. The van der Waals surface area contributed by atoms with E-state index in [0.717, 1.165) is 6.42 Å². The van der Waals surface area contributed by atoms with Gasteiger partial charge in [0.15, 0.2) is 0 Å². The van der Waals surface area contributed by atoms with E-state index in [1.165, 1.54) is 5.56 Å². The maximum absolute atomic E-state index is 11.0. The first-order valence-corrected chi connectivity index (χ1v) is 6.43. The number of ether oxygens (including phenoxy) is 1. The van der Waals surface area contributed by atoms with Gasteiger partial charge in [0.2, 0.25) is 0 Å². The predicted octanol–water partition coefficient (Wildman–Crippen LogP) is 3.36. The van der Waals surface area contributed by atoms with E-state index in [9.17, 15) is 4.79 Å². The molecule has 1 rings (SSSR count). The molecule has 0 atom stereocenters. The molecule has 4 nitrogen and oxygen atoms in total. The van der Waals surface area contributed by atoms with Crippen molar-refractivity contribution in [3.63, 3.8) is 0 Å². The molecule has 0 bridgehead atoms. The predicted molar refractivity (Wildman–Crippen MR) is 76.9 cm³/mol. The van der Waals surface area contributed by atoms with Gasteiger partial charge in [0.1, 0.15) is 5.75 Å². The zero-order valence-corrected chi connectivity index (χ0v) is 12.4. The Hall–Kier alpha value is -1.55. The second-order valence-electron chi connectivity index (χ2n) is 6.68. The van der Waals surface area contributed by atoms with Gasteiger partial charge in [-0.15, -0.1) is 0 Å². The summed E-state index contributed by atoms with van der Waals surface area (Å²) in [5, 5.41) is 0. The van der Waals surface area contributed by atoms with Crippen molar-refractivity contribution in [2.45, 2.75) is 46.5 Å². The molecule has 106 valence electrons. The molecule has 19 heavy (non-hydrogen) atoms. The number of nitrogens with two attached hydrogens (primary N) is 1. The molecule has 0 aliphatic heterocycles. The highest BCUT2D eigenvalue weighted by Crippen LogP contribution is 2.36. The molecule has 0 aromatic heterocycles. The third-order valence-corrected chi connectivity index (χ3v) is 2.94. The van der Waals surface area contributed by atoms with Crippen LogP contribution in [-0.2, 0) is 5.41 Å². The van der Waals surface area contributed by atoms with Crippen molar-refractivity contribution in [3.05, 3.63) is 29.8 Å². The van der Waals surface area contributed by atoms with Gasteiger partial charge in [-0.25, -0.2) is 10.6 Å². The first-order chi connectivity index (χ1) is 8.64. The van der Waals surface area contributed by atoms with Crippen LogP contribution in [-0.4, -0.2) is 6.09 Å². The molecule has 0 spiro atoms. The normalized spacial score (nSPS) is 12.1. The van der Waals surface area contributed by atoms with Gasteiger partial charge in [-0.2, -0.15) is 0 Å². The zero-order valence-electron chi connectivity index (χ0n) is 12.4. The molecule has 0 aliphatic carbocycles. The van der Waals surface area contributed by atoms with Crippen LogP contribution in [0, 0.1) is 5.41 Å². The van der Waals surface area contributed by atoms with Crippen LogP contribution in [0.5, 0.6) is 5.75 Å². The molecule has 3 N–H and O–H groups in total. The number of nitrogens with one attached hydrogen (secondary N) is 1. The minimum atomic E-state index is -0.665. The van der Waals surface area contributed by atoms with Crippen molar-refractivity contribution in [3.8, 4) is 5.75 Å². The summed E-state index contributed by atoms with van der Waals surface area (Å²) >= 11 is 0. The van der Waals surface area contributed by atoms with E-state index in [2.05, 4.69) is 34.6 Å². The molecule has 1 amide bonds. The van der Waals surface area contributed by atoms with E-state index >= 15 is 0 Å². The number of carbonyl (C=O) groups is 1. The van der Waals surface area contributed by atoms with Crippen LogP contribution >= 0.6 is 0 Å². The molecule has 0 aliphatic rings. The number of amides is 1. The highest BCUT2D eigenvalue weighted by Gasteiger charge is 2.27. The summed E-state index contributed by atoms with van der Waals surface area (Å²) in [5.74, 6) is 5.45. The van der Waals surface area contributed by atoms with Crippen molar-refractivity contribution in [2.24, 2.45) is 11.3 Å². The monoisotopic (exact) mass is 264 g/mol. The van der Waals surface area contributed by atoms with Crippen molar-refractivity contribution in [1.29, 1.82) is 0 Å². The summed E-state index contributed by atoms with van der Waals surface area (Å²) in [4.78, 5) is 11.0. The number of benzene rings is 1. The van der Waals surface area contributed by atoms with Crippen LogP contribution in [0.3, 0.4) is 0 Å². The van der Waals surface area contributed by atoms with E-state index in [1.54, 1.807) is 12.1 Å². The fourth-order valence-electron chi connectivity index (χ4n) is 2.54. The van der Waals surface area contributed by atoms with Crippen LogP contribution in [0.15, 0.2) is 24.3 Å². The molecule has 1 aromatic carbocycles. The maximum Gasteiger partial charge on any atom is 0.426 e. The van der Waals surface area contributed by atoms with Crippen LogP contribution in [0.2, 0.25) is 0 Å². The lowest BCUT2D eigenvalue weighted by atomic mass is 9.72. The maximum atomic E-state index is 11.0. The Morgan fingerprint density at radius 1 is 1.16 bits per heavy atom. The third kappa shape index (κ3) is 4.91. The van der Waals surface area contributed by atoms with Crippen molar-refractivity contribution < 1.29 is 9.53 Å². The van der Waals surface area contributed by atoms with Crippen LogP contribution in [0.4, 0.5) is 4.79 Å². The standard InChI is InChI=1S/C15H24N2O2/c1-14(2,3)10-15(4,5)11-6-8-12(9-7-11)19-13(18)17-16/h6-9H,10,16H2,1-5H3,(H,17,18). The van der Waals surface area contributed by atoms with Gasteiger partial charge in [-0.05, 0) is 34.9 Å². The van der Waals surface area contributed by atoms with E-state index in [1.807, 2.05) is 17.6 Å².